The molecule has 0 saturated carbocycles. The summed E-state index contributed by atoms with van der Waals surface area (Å²) in [5.74, 6) is 0.326. The Morgan fingerprint density at radius 3 is 2.59 bits per heavy atom. The van der Waals surface area contributed by atoms with Gasteiger partial charge in [0.05, 0.1) is 24.7 Å². The Hall–Kier alpha value is -2.91. The van der Waals surface area contributed by atoms with Gasteiger partial charge in [-0.2, -0.15) is 0 Å². The van der Waals surface area contributed by atoms with Crippen LogP contribution in [-0.2, 0) is 10.0 Å². The zero-order chi connectivity index (χ0) is 21.2. The van der Waals surface area contributed by atoms with E-state index in [2.05, 4.69) is 15.0 Å². The zero-order valence-corrected chi connectivity index (χ0v) is 18.1. The summed E-state index contributed by atoms with van der Waals surface area (Å²) in [6.45, 7) is 3.75. The lowest BCUT2D eigenvalue weighted by Gasteiger charge is -2.10. The summed E-state index contributed by atoms with van der Waals surface area (Å²) in [6, 6.07) is 10.6. The summed E-state index contributed by atoms with van der Waals surface area (Å²) in [7, 11) is -1.84. The SMILES string of the molecule is COc1ccc(C)cc1-c1csc(NC(=O)c2ccc(C)c(NS(C)(=O)=O)c2)n1. The predicted molar refractivity (Wildman–Crippen MR) is 116 cm³/mol. The quantitative estimate of drug-likeness (QED) is 0.613. The number of thiazole rings is 1. The number of sulfonamides is 1. The Bertz CT molecular complexity index is 1170. The van der Waals surface area contributed by atoms with Crippen molar-refractivity contribution in [1.29, 1.82) is 0 Å². The monoisotopic (exact) mass is 431 g/mol. The highest BCUT2D eigenvalue weighted by Crippen LogP contribution is 2.33. The van der Waals surface area contributed by atoms with Crippen molar-refractivity contribution >= 4 is 38.1 Å². The van der Waals surface area contributed by atoms with E-state index in [4.69, 9.17) is 4.74 Å². The number of carbonyl (C=O) groups excluding carboxylic acids is 1. The first-order chi connectivity index (χ1) is 13.7. The van der Waals surface area contributed by atoms with E-state index in [0.717, 1.165) is 22.9 Å². The van der Waals surface area contributed by atoms with Crippen molar-refractivity contribution < 1.29 is 17.9 Å². The van der Waals surface area contributed by atoms with Gasteiger partial charge in [-0.15, -0.1) is 11.3 Å². The summed E-state index contributed by atoms with van der Waals surface area (Å²) >= 11 is 1.30. The van der Waals surface area contributed by atoms with Gasteiger partial charge in [0, 0.05) is 16.5 Å². The first kappa shape index (κ1) is 20.8. The maximum atomic E-state index is 12.6. The molecule has 0 atom stereocenters. The number of nitrogens with one attached hydrogen (secondary N) is 2. The summed E-state index contributed by atoms with van der Waals surface area (Å²) in [5.41, 5.74) is 4.03. The Morgan fingerprint density at radius 2 is 1.90 bits per heavy atom. The van der Waals surface area contributed by atoms with E-state index in [0.29, 0.717) is 27.8 Å². The molecule has 0 aliphatic carbocycles. The van der Waals surface area contributed by atoms with Crippen LogP contribution in [0.4, 0.5) is 10.8 Å². The number of hydrogen-bond donors (Lipinski definition) is 2. The van der Waals surface area contributed by atoms with Crippen molar-refractivity contribution in [2.24, 2.45) is 0 Å². The number of amides is 1. The fraction of sp³-hybridized carbons (Fsp3) is 0.200. The van der Waals surface area contributed by atoms with E-state index in [1.54, 1.807) is 26.2 Å². The highest BCUT2D eigenvalue weighted by Gasteiger charge is 2.14. The molecule has 152 valence electrons. The molecule has 0 saturated heterocycles. The topological polar surface area (TPSA) is 97.4 Å². The summed E-state index contributed by atoms with van der Waals surface area (Å²) in [4.78, 5) is 17.1. The van der Waals surface area contributed by atoms with Crippen LogP contribution in [-0.4, -0.2) is 32.7 Å². The van der Waals surface area contributed by atoms with Crippen LogP contribution in [0.2, 0.25) is 0 Å². The number of carbonyl (C=O) groups is 1. The number of ether oxygens (including phenoxy) is 1. The average molecular weight is 432 g/mol. The van der Waals surface area contributed by atoms with Gasteiger partial charge in [0.15, 0.2) is 5.13 Å². The second kappa shape index (κ2) is 8.22. The van der Waals surface area contributed by atoms with Crippen LogP contribution in [0.3, 0.4) is 0 Å². The fourth-order valence-electron chi connectivity index (χ4n) is 2.72. The molecule has 7 nitrogen and oxygen atoms in total. The molecule has 9 heteroatoms. The highest BCUT2D eigenvalue weighted by molar-refractivity contribution is 7.92. The van der Waals surface area contributed by atoms with Gasteiger partial charge in [-0.25, -0.2) is 13.4 Å². The van der Waals surface area contributed by atoms with E-state index in [-0.39, 0.29) is 5.91 Å². The number of nitrogens with zero attached hydrogens (tertiary/aromatic N) is 1. The standard InChI is InChI=1S/C20H21N3O4S2/c1-12-5-8-18(27-3)15(9-12)17-11-28-20(21-17)22-19(24)14-7-6-13(2)16(10-14)23-29(4,25)26/h5-11,23H,1-4H3,(H,21,22,24). The highest BCUT2D eigenvalue weighted by atomic mass is 32.2. The molecule has 0 unspecified atom stereocenters. The number of hydrogen-bond acceptors (Lipinski definition) is 6. The lowest BCUT2D eigenvalue weighted by molar-refractivity contribution is 0.102. The molecule has 0 aliphatic rings. The lowest BCUT2D eigenvalue weighted by Crippen LogP contribution is -2.14. The van der Waals surface area contributed by atoms with E-state index >= 15 is 0 Å². The number of rotatable bonds is 6. The predicted octanol–water partition coefficient (Wildman–Crippen LogP) is 4.06. The Kier molecular flexibility index (Phi) is 5.90. The second-order valence-corrected chi connectivity index (χ2v) is 9.21. The molecule has 0 fully saturated rings. The first-order valence-corrected chi connectivity index (χ1v) is 11.4. The normalized spacial score (nSPS) is 11.2. The number of anilines is 2. The molecule has 3 aromatic rings. The van der Waals surface area contributed by atoms with Gasteiger partial charge < -0.3 is 4.74 Å². The van der Waals surface area contributed by atoms with Crippen LogP contribution in [0.5, 0.6) is 5.75 Å². The first-order valence-electron chi connectivity index (χ1n) is 8.66. The number of benzene rings is 2. The third-order valence-electron chi connectivity index (χ3n) is 4.15. The number of aryl methyl sites for hydroxylation is 2. The molecule has 0 radical (unpaired) electrons. The van der Waals surface area contributed by atoms with Crippen molar-refractivity contribution in [1.82, 2.24) is 4.98 Å². The van der Waals surface area contributed by atoms with E-state index in [1.807, 2.05) is 30.5 Å². The number of aromatic nitrogens is 1. The van der Waals surface area contributed by atoms with Crippen LogP contribution in [0.15, 0.2) is 41.8 Å². The van der Waals surface area contributed by atoms with Crippen LogP contribution >= 0.6 is 11.3 Å². The zero-order valence-electron chi connectivity index (χ0n) is 16.4. The van der Waals surface area contributed by atoms with Crippen molar-refractivity contribution in [3.05, 3.63) is 58.5 Å². The second-order valence-electron chi connectivity index (χ2n) is 6.60. The Morgan fingerprint density at radius 1 is 1.14 bits per heavy atom. The summed E-state index contributed by atoms with van der Waals surface area (Å²) < 4.78 is 30.8. The van der Waals surface area contributed by atoms with Crippen molar-refractivity contribution in [3.8, 4) is 17.0 Å². The van der Waals surface area contributed by atoms with Gasteiger partial charge in [0.25, 0.3) is 5.91 Å². The minimum absolute atomic E-state index is 0.326. The van der Waals surface area contributed by atoms with Gasteiger partial charge in [0.2, 0.25) is 10.0 Å². The molecule has 0 bridgehead atoms. The van der Waals surface area contributed by atoms with Gasteiger partial charge in [-0.3, -0.25) is 14.8 Å². The molecule has 1 aromatic heterocycles. The van der Waals surface area contributed by atoms with Crippen LogP contribution in [0, 0.1) is 13.8 Å². The van der Waals surface area contributed by atoms with Crippen molar-refractivity contribution in [2.45, 2.75) is 13.8 Å². The van der Waals surface area contributed by atoms with Crippen LogP contribution in [0.1, 0.15) is 21.5 Å². The minimum atomic E-state index is -3.44. The molecular formula is C20H21N3O4S2. The average Bonchev–Trinajstić information content (AvgIpc) is 3.10. The van der Waals surface area contributed by atoms with Crippen LogP contribution < -0.4 is 14.8 Å². The van der Waals surface area contributed by atoms with Gasteiger partial charge in [-0.05, 0) is 43.7 Å². The summed E-state index contributed by atoms with van der Waals surface area (Å²) in [5, 5.41) is 5.04. The fourth-order valence-corrected chi connectivity index (χ4v) is 4.04. The van der Waals surface area contributed by atoms with Crippen molar-refractivity contribution in [3.63, 3.8) is 0 Å². The number of methoxy groups -OCH3 is 1. The molecular weight excluding hydrogens is 410 g/mol. The molecule has 29 heavy (non-hydrogen) atoms. The summed E-state index contributed by atoms with van der Waals surface area (Å²) in [6.07, 6.45) is 1.07. The molecule has 1 heterocycles. The van der Waals surface area contributed by atoms with Crippen LogP contribution in [0.25, 0.3) is 11.3 Å². The van der Waals surface area contributed by atoms with Gasteiger partial charge >= 0.3 is 0 Å². The molecule has 1 amide bonds. The molecule has 0 spiro atoms. The van der Waals surface area contributed by atoms with E-state index < -0.39 is 10.0 Å². The smallest absolute Gasteiger partial charge is 0.257 e. The molecule has 2 N–H and O–H groups in total. The maximum Gasteiger partial charge on any atom is 0.257 e. The largest absolute Gasteiger partial charge is 0.496 e. The molecule has 0 aliphatic heterocycles. The Labute approximate surface area is 173 Å². The van der Waals surface area contributed by atoms with E-state index in [9.17, 15) is 13.2 Å². The third kappa shape index (κ3) is 5.12. The lowest BCUT2D eigenvalue weighted by atomic mass is 10.1. The van der Waals surface area contributed by atoms with Crippen molar-refractivity contribution in [2.75, 3.05) is 23.4 Å². The van der Waals surface area contributed by atoms with E-state index in [1.165, 1.54) is 17.4 Å². The van der Waals surface area contributed by atoms with Gasteiger partial charge in [0.1, 0.15) is 5.75 Å². The maximum absolute atomic E-state index is 12.6. The third-order valence-corrected chi connectivity index (χ3v) is 5.50. The molecule has 3 rings (SSSR count). The van der Waals surface area contributed by atoms with Gasteiger partial charge in [-0.1, -0.05) is 17.7 Å². The minimum Gasteiger partial charge on any atom is -0.496 e. The molecule has 2 aromatic carbocycles. The Balaban J connectivity index is 1.83.